The number of rotatable bonds is 7. The van der Waals surface area contributed by atoms with E-state index in [0.717, 1.165) is 13.0 Å². The number of hydrogen-bond donors (Lipinski definition) is 1. The molecule has 0 rings (SSSR count). The molecule has 2 unspecified atom stereocenters. The van der Waals surface area contributed by atoms with Crippen molar-refractivity contribution in [3.05, 3.63) is 0 Å². The third-order valence-electron chi connectivity index (χ3n) is 3.36. The molecule has 0 aromatic rings. The normalized spacial score (nSPS) is 17.5. The van der Waals surface area contributed by atoms with E-state index in [1.807, 2.05) is 13.8 Å². The highest BCUT2D eigenvalue weighted by molar-refractivity contribution is 5.78. The van der Waals surface area contributed by atoms with Crippen molar-refractivity contribution in [2.24, 2.45) is 5.92 Å². The highest BCUT2D eigenvalue weighted by Gasteiger charge is 2.40. The van der Waals surface area contributed by atoms with Gasteiger partial charge in [-0.05, 0) is 39.2 Å². The van der Waals surface area contributed by atoms with Gasteiger partial charge >= 0.3 is 5.97 Å². The number of hydrogen-bond acceptors (Lipinski definition) is 2. The fraction of sp³-hybridized carbons (Fsp3) is 0.923. The van der Waals surface area contributed by atoms with Crippen LogP contribution in [0.3, 0.4) is 0 Å². The van der Waals surface area contributed by atoms with Gasteiger partial charge in [-0.2, -0.15) is 0 Å². The van der Waals surface area contributed by atoms with Gasteiger partial charge in [-0.3, -0.25) is 9.69 Å². The first-order valence-electron chi connectivity index (χ1n) is 6.29. The van der Waals surface area contributed by atoms with Crippen molar-refractivity contribution in [2.45, 2.75) is 66.0 Å². The van der Waals surface area contributed by atoms with E-state index in [4.69, 9.17) is 0 Å². The van der Waals surface area contributed by atoms with E-state index in [2.05, 4.69) is 32.6 Å². The van der Waals surface area contributed by atoms with Crippen molar-refractivity contribution < 1.29 is 9.90 Å². The minimum atomic E-state index is -0.738. The Hall–Kier alpha value is -0.570. The van der Waals surface area contributed by atoms with Crippen LogP contribution in [-0.2, 0) is 4.79 Å². The average molecular weight is 229 g/mol. The minimum absolute atomic E-state index is 0.310. The van der Waals surface area contributed by atoms with Crippen molar-refractivity contribution in [3.63, 3.8) is 0 Å². The molecule has 16 heavy (non-hydrogen) atoms. The monoisotopic (exact) mass is 229 g/mol. The van der Waals surface area contributed by atoms with E-state index in [9.17, 15) is 9.90 Å². The van der Waals surface area contributed by atoms with Crippen molar-refractivity contribution in [3.8, 4) is 0 Å². The van der Waals surface area contributed by atoms with E-state index in [1.165, 1.54) is 0 Å². The lowest BCUT2D eigenvalue weighted by Gasteiger charge is -2.42. The minimum Gasteiger partial charge on any atom is -0.480 e. The van der Waals surface area contributed by atoms with Crippen LogP contribution in [0.15, 0.2) is 0 Å². The largest absolute Gasteiger partial charge is 0.480 e. The first kappa shape index (κ1) is 15.4. The molecule has 0 aromatic carbocycles. The zero-order chi connectivity index (χ0) is 12.9. The molecule has 0 amide bonds. The number of carboxylic acid groups (broad SMARTS) is 1. The van der Waals surface area contributed by atoms with Gasteiger partial charge in [0.25, 0.3) is 0 Å². The molecular formula is C13H27NO2. The molecule has 0 saturated heterocycles. The Balaban J connectivity index is 5.05. The number of carboxylic acids is 1. The fourth-order valence-corrected chi connectivity index (χ4v) is 2.49. The SMILES string of the molecule is CCC(C)N(CC)C(C)(CC(C)C)C(=O)O. The second kappa shape index (κ2) is 6.24. The van der Waals surface area contributed by atoms with Crippen LogP contribution in [0.2, 0.25) is 0 Å². The summed E-state index contributed by atoms with van der Waals surface area (Å²) in [5.74, 6) is -0.317. The van der Waals surface area contributed by atoms with E-state index < -0.39 is 11.5 Å². The van der Waals surface area contributed by atoms with E-state index >= 15 is 0 Å². The van der Waals surface area contributed by atoms with E-state index in [-0.39, 0.29) is 0 Å². The van der Waals surface area contributed by atoms with Gasteiger partial charge < -0.3 is 5.11 Å². The van der Waals surface area contributed by atoms with Gasteiger partial charge in [0.15, 0.2) is 0 Å². The molecule has 2 atom stereocenters. The van der Waals surface area contributed by atoms with Crippen LogP contribution in [0, 0.1) is 5.92 Å². The van der Waals surface area contributed by atoms with Gasteiger partial charge in [-0.15, -0.1) is 0 Å². The smallest absolute Gasteiger partial charge is 0.323 e. The maximum atomic E-state index is 11.5. The molecule has 0 aliphatic rings. The highest BCUT2D eigenvalue weighted by atomic mass is 16.4. The van der Waals surface area contributed by atoms with Crippen molar-refractivity contribution in [1.82, 2.24) is 4.90 Å². The number of nitrogens with zero attached hydrogens (tertiary/aromatic N) is 1. The Morgan fingerprint density at radius 3 is 2.06 bits per heavy atom. The quantitative estimate of drug-likeness (QED) is 0.729. The molecule has 0 aliphatic heterocycles. The molecule has 0 bridgehead atoms. The van der Waals surface area contributed by atoms with Crippen molar-refractivity contribution >= 4 is 5.97 Å². The van der Waals surface area contributed by atoms with Crippen molar-refractivity contribution in [1.29, 1.82) is 0 Å². The highest BCUT2D eigenvalue weighted by Crippen LogP contribution is 2.27. The molecule has 0 heterocycles. The molecule has 0 aromatic heterocycles. The summed E-state index contributed by atoms with van der Waals surface area (Å²) in [5.41, 5.74) is -0.738. The standard InChI is InChI=1S/C13H27NO2/c1-7-11(5)14(8-2)13(6,12(15)16)9-10(3)4/h10-11H,7-9H2,1-6H3,(H,15,16). The lowest BCUT2D eigenvalue weighted by Crippen LogP contribution is -2.56. The molecule has 0 fully saturated rings. The Bertz CT molecular complexity index is 228. The second-order valence-corrected chi connectivity index (χ2v) is 5.22. The Morgan fingerprint density at radius 2 is 1.81 bits per heavy atom. The molecule has 0 aliphatic carbocycles. The Labute approximate surface area is 99.8 Å². The number of aliphatic carboxylic acids is 1. The lowest BCUT2D eigenvalue weighted by atomic mass is 9.87. The summed E-state index contributed by atoms with van der Waals surface area (Å²) < 4.78 is 0. The summed E-state index contributed by atoms with van der Waals surface area (Å²) in [5, 5.41) is 9.49. The van der Waals surface area contributed by atoms with Gasteiger partial charge in [0.2, 0.25) is 0 Å². The summed E-state index contributed by atoms with van der Waals surface area (Å²) in [6, 6.07) is 0.310. The number of likely N-dealkylation sites (N-methyl/N-ethyl adjacent to an activating group) is 1. The second-order valence-electron chi connectivity index (χ2n) is 5.22. The molecule has 0 spiro atoms. The Morgan fingerprint density at radius 1 is 1.31 bits per heavy atom. The summed E-state index contributed by atoms with van der Waals surface area (Å²) >= 11 is 0. The van der Waals surface area contributed by atoms with Crippen LogP contribution in [0.4, 0.5) is 0 Å². The topological polar surface area (TPSA) is 40.5 Å². The van der Waals surface area contributed by atoms with Gasteiger partial charge in [0.05, 0.1) is 0 Å². The van der Waals surface area contributed by atoms with Gasteiger partial charge in [0, 0.05) is 6.04 Å². The van der Waals surface area contributed by atoms with Gasteiger partial charge in [-0.1, -0.05) is 27.7 Å². The van der Waals surface area contributed by atoms with Gasteiger partial charge in [-0.25, -0.2) is 0 Å². The van der Waals surface area contributed by atoms with E-state index in [0.29, 0.717) is 18.4 Å². The van der Waals surface area contributed by atoms with Crippen molar-refractivity contribution in [2.75, 3.05) is 6.54 Å². The maximum absolute atomic E-state index is 11.5. The third-order valence-corrected chi connectivity index (χ3v) is 3.36. The predicted molar refractivity (Wildman–Crippen MR) is 67.6 cm³/mol. The van der Waals surface area contributed by atoms with Crippen LogP contribution < -0.4 is 0 Å². The Kier molecular flexibility index (Phi) is 6.01. The summed E-state index contributed by atoms with van der Waals surface area (Å²) in [7, 11) is 0. The van der Waals surface area contributed by atoms with Crippen LogP contribution in [0.25, 0.3) is 0 Å². The summed E-state index contributed by atoms with van der Waals surface area (Å²) in [4.78, 5) is 13.6. The molecule has 0 saturated carbocycles. The van der Waals surface area contributed by atoms with Crippen LogP contribution in [-0.4, -0.2) is 34.1 Å². The average Bonchev–Trinajstić information content (AvgIpc) is 2.16. The van der Waals surface area contributed by atoms with Crippen LogP contribution in [0.5, 0.6) is 0 Å². The lowest BCUT2D eigenvalue weighted by molar-refractivity contribution is -0.153. The zero-order valence-corrected chi connectivity index (χ0v) is 11.6. The third kappa shape index (κ3) is 3.48. The van der Waals surface area contributed by atoms with Crippen LogP contribution in [0.1, 0.15) is 54.4 Å². The first-order valence-corrected chi connectivity index (χ1v) is 6.29. The van der Waals surface area contributed by atoms with Gasteiger partial charge in [0.1, 0.15) is 5.54 Å². The molecule has 3 nitrogen and oxygen atoms in total. The fourth-order valence-electron chi connectivity index (χ4n) is 2.49. The first-order chi connectivity index (χ1) is 7.29. The molecule has 1 N–H and O–H groups in total. The molecular weight excluding hydrogens is 202 g/mol. The summed E-state index contributed by atoms with van der Waals surface area (Å²) in [6.45, 7) is 13.0. The van der Waals surface area contributed by atoms with Crippen LogP contribution >= 0.6 is 0 Å². The molecule has 96 valence electrons. The molecule has 3 heteroatoms. The zero-order valence-electron chi connectivity index (χ0n) is 11.6. The summed E-state index contributed by atoms with van der Waals surface area (Å²) in [6.07, 6.45) is 1.68. The number of carbonyl (C=O) groups is 1. The maximum Gasteiger partial charge on any atom is 0.323 e. The van der Waals surface area contributed by atoms with E-state index in [1.54, 1.807) is 0 Å². The predicted octanol–water partition coefficient (Wildman–Crippen LogP) is 3.00. The molecule has 0 radical (unpaired) electrons.